The van der Waals surface area contributed by atoms with Crippen molar-refractivity contribution in [1.29, 1.82) is 0 Å². The third-order valence-electron chi connectivity index (χ3n) is 4.12. The quantitative estimate of drug-likeness (QED) is 0.837. The normalized spacial score (nSPS) is 23.0. The van der Waals surface area contributed by atoms with Gasteiger partial charge in [-0.25, -0.2) is 0 Å². The van der Waals surface area contributed by atoms with Gasteiger partial charge in [0.15, 0.2) is 11.5 Å². The van der Waals surface area contributed by atoms with Crippen molar-refractivity contribution in [3.8, 4) is 11.5 Å². The van der Waals surface area contributed by atoms with Crippen LogP contribution in [0.4, 0.5) is 0 Å². The molecule has 0 radical (unpaired) electrons. The highest BCUT2D eigenvalue weighted by Gasteiger charge is 2.23. The molecule has 0 aliphatic carbocycles. The van der Waals surface area contributed by atoms with Crippen LogP contribution in [0.5, 0.6) is 11.5 Å². The van der Waals surface area contributed by atoms with Crippen LogP contribution in [0.1, 0.15) is 26.7 Å². The summed E-state index contributed by atoms with van der Waals surface area (Å²) in [6, 6.07) is 9.01. The molecular weight excluding hydrogens is 264 g/mol. The molecule has 2 rings (SSSR count). The average Bonchev–Trinajstić information content (AvgIpc) is 2.51. The van der Waals surface area contributed by atoms with Gasteiger partial charge in [0.25, 0.3) is 0 Å². The van der Waals surface area contributed by atoms with Crippen LogP contribution in [0.3, 0.4) is 0 Å². The Morgan fingerprint density at radius 3 is 2.76 bits per heavy atom. The number of para-hydroxylation sites is 2. The zero-order valence-electron chi connectivity index (χ0n) is 13.5. The predicted octanol–water partition coefficient (Wildman–Crippen LogP) is 2.54. The van der Waals surface area contributed by atoms with Gasteiger partial charge >= 0.3 is 0 Å². The Balaban J connectivity index is 1.81. The van der Waals surface area contributed by atoms with E-state index in [0.29, 0.717) is 18.7 Å². The molecule has 118 valence electrons. The van der Waals surface area contributed by atoms with E-state index in [1.807, 2.05) is 24.3 Å². The first-order chi connectivity index (χ1) is 10.2. The van der Waals surface area contributed by atoms with Crippen molar-refractivity contribution >= 4 is 0 Å². The standard InChI is InChI=1S/C17H28N2O2/c1-4-7-15-13-19(14(2)12-18-15)10-11-21-17-9-6-5-8-16(17)20-3/h5-6,8-9,14-15,18H,4,7,10-13H2,1-3H3. The van der Waals surface area contributed by atoms with Crippen LogP contribution < -0.4 is 14.8 Å². The first-order valence-corrected chi connectivity index (χ1v) is 7.97. The highest BCUT2D eigenvalue weighted by Crippen LogP contribution is 2.25. The lowest BCUT2D eigenvalue weighted by Gasteiger charge is -2.38. The molecule has 1 saturated heterocycles. The van der Waals surface area contributed by atoms with Crippen LogP contribution in [0, 0.1) is 0 Å². The lowest BCUT2D eigenvalue weighted by molar-refractivity contribution is 0.114. The molecule has 0 bridgehead atoms. The van der Waals surface area contributed by atoms with Crippen LogP contribution >= 0.6 is 0 Å². The summed E-state index contributed by atoms with van der Waals surface area (Å²) in [5.74, 6) is 1.63. The van der Waals surface area contributed by atoms with Gasteiger partial charge < -0.3 is 14.8 Å². The predicted molar refractivity (Wildman–Crippen MR) is 86.2 cm³/mol. The topological polar surface area (TPSA) is 33.7 Å². The maximum absolute atomic E-state index is 5.89. The van der Waals surface area contributed by atoms with Crippen molar-refractivity contribution in [2.24, 2.45) is 0 Å². The van der Waals surface area contributed by atoms with E-state index in [4.69, 9.17) is 9.47 Å². The van der Waals surface area contributed by atoms with E-state index in [-0.39, 0.29) is 0 Å². The van der Waals surface area contributed by atoms with Crippen molar-refractivity contribution in [3.05, 3.63) is 24.3 Å². The maximum atomic E-state index is 5.89. The van der Waals surface area contributed by atoms with Gasteiger partial charge in [-0.2, -0.15) is 0 Å². The highest BCUT2D eigenvalue weighted by atomic mass is 16.5. The summed E-state index contributed by atoms with van der Waals surface area (Å²) in [6.45, 7) is 8.36. The Bertz CT molecular complexity index is 425. The van der Waals surface area contributed by atoms with Crippen molar-refractivity contribution in [1.82, 2.24) is 10.2 Å². The van der Waals surface area contributed by atoms with Gasteiger partial charge in [-0.3, -0.25) is 4.90 Å². The first kappa shape index (κ1) is 16.1. The van der Waals surface area contributed by atoms with E-state index in [2.05, 4.69) is 24.1 Å². The van der Waals surface area contributed by atoms with E-state index in [9.17, 15) is 0 Å². The van der Waals surface area contributed by atoms with Crippen LogP contribution in [0.25, 0.3) is 0 Å². The molecule has 21 heavy (non-hydrogen) atoms. The summed E-state index contributed by atoms with van der Waals surface area (Å²) in [6.07, 6.45) is 2.48. The molecule has 2 atom stereocenters. The SMILES string of the molecule is CCCC1CN(CCOc2ccccc2OC)C(C)CN1. The number of nitrogens with one attached hydrogen (secondary N) is 1. The molecule has 1 aromatic carbocycles. The minimum Gasteiger partial charge on any atom is -0.493 e. The van der Waals surface area contributed by atoms with Crippen molar-refractivity contribution in [2.45, 2.75) is 38.8 Å². The minimum absolute atomic E-state index is 0.569. The Kier molecular flexibility index (Phi) is 6.33. The molecule has 1 aliphatic rings. The summed E-state index contributed by atoms with van der Waals surface area (Å²) in [7, 11) is 1.68. The summed E-state index contributed by atoms with van der Waals surface area (Å²) < 4.78 is 11.2. The lowest BCUT2D eigenvalue weighted by Crippen LogP contribution is -2.56. The minimum atomic E-state index is 0.569. The van der Waals surface area contributed by atoms with Gasteiger partial charge in [0.05, 0.1) is 7.11 Å². The molecule has 1 N–H and O–H groups in total. The number of rotatable bonds is 7. The molecule has 4 nitrogen and oxygen atoms in total. The van der Waals surface area contributed by atoms with Gasteiger partial charge in [0, 0.05) is 31.7 Å². The van der Waals surface area contributed by atoms with Crippen molar-refractivity contribution in [3.63, 3.8) is 0 Å². The van der Waals surface area contributed by atoms with Gasteiger partial charge in [0.2, 0.25) is 0 Å². The number of benzene rings is 1. The van der Waals surface area contributed by atoms with Crippen LogP contribution in [-0.4, -0.2) is 50.3 Å². The zero-order valence-corrected chi connectivity index (χ0v) is 13.5. The van der Waals surface area contributed by atoms with Crippen LogP contribution in [-0.2, 0) is 0 Å². The number of piperazine rings is 1. The van der Waals surface area contributed by atoms with Gasteiger partial charge in [-0.15, -0.1) is 0 Å². The van der Waals surface area contributed by atoms with Gasteiger partial charge in [0.1, 0.15) is 6.61 Å². The first-order valence-electron chi connectivity index (χ1n) is 7.97. The second-order valence-electron chi connectivity index (χ2n) is 5.74. The van der Waals surface area contributed by atoms with Crippen molar-refractivity contribution < 1.29 is 9.47 Å². The van der Waals surface area contributed by atoms with Gasteiger partial charge in [-0.1, -0.05) is 25.5 Å². The second-order valence-corrected chi connectivity index (χ2v) is 5.74. The third-order valence-corrected chi connectivity index (χ3v) is 4.12. The zero-order chi connectivity index (χ0) is 15.1. The number of methoxy groups -OCH3 is 1. The molecule has 4 heteroatoms. The molecule has 1 fully saturated rings. The third kappa shape index (κ3) is 4.61. The lowest BCUT2D eigenvalue weighted by atomic mass is 10.1. The highest BCUT2D eigenvalue weighted by molar-refractivity contribution is 5.39. The van der Waals surface area contributed by atoms with Crippen LogP contribution in [0.15, 0.2) is 24.3 Å². The number of nitrogens with zero attached hydrogens (tertiary/aromatic N) is 1. The molecule has 2 unspecified atom stereocenters. The Morgan fingerprint density at radius 1 is 1.29 bits per heavy atom. The van der Waals surface area contributed by atoms with E-state index in [1.165, 1.54) is 12.8 Å². The fraction of sp³-hybridized carbons (Fsp3) is 0.647. The summed E-state index contributed by atoms with van der Waals surface area (Å²) >= 11 is 0. The monoisotopic (exact) mass is 292 g/mol. The molecule has 0 saturated carbocycles. The van der Waals surface area contributed by atoms with E-state index < -0.39 is 0 Å². The van der Waals surface area contributed by atoms with E-state index >= 15 is 0 Å². The fourth-order valence-corrected chi connectivity index (χ4v) is 2.86. The average molecular weight is 292 g/mol. The Morgan fingerprint density at radius 2 is 2.05 bits per heavy atom. The molecule has 1 heterocycles. The number of hydrogen-bond acceptors (Lipinski definition) is 4. The largest absolute Gasteiger partial charge is 0.493 e. The summed E-state index contributed by atoms with van der Waals surface area (Å²) in [5.41, 5.74) is 0. The number of ether oxygens (including phenoxy) is 2. The second kappa shape index (κ2) is 8.25. The van der Waals surface area contributed by atoms with Crippen molar-refractivity contribution in [2.75, 3.05) is 33.4 Å². The maximum Gasteiger partial charge on any atom is 0.161 e. The Hall–Kier alpha value is -1.26. The summed E-state index contributed by atoms with van der Waals surface area (Å²) in [5, 5.41) is 3.62. The Labute approximate surface area is 128 Å². The molecule has 0 aromatic heterocycles. The van der Waals surface area contributed by atoms with Crippen LogP contribution in [0.2, 0.25) is 0 Å². The smallest absolute Gasteiger partial charge is 0.161 e. The van der Waals surface area contributed by atoms with E-state index in [1.54, 1.807) is 7.11 Å². The van der Waals surface area contributed by atoms with Gasteiger partial charge in [-0.05, 0) is 25.5 Å². The van der Waals surface area contributed by atoms with E-state index in [0.717, 1.165) is 31.1 Å². The molecule has 1 aliphatic heterocycles. The molecular formula is C17H28N2O2. The number of hydrogen-bond donors (Lipinski definition) is 1. The fourth-order valence-electron chi connectivity index (χ4n) is 2.86. The summed E-state index contributed by atoms with van der Waals surface area (Å²) in [4.78, 5) is 2.52. The molecule has 0 amide bonds. The molecule has 1 aromatic rings. The molecule has 0 spiro atoms.